The second-order valence-corrected chi connectivity index (χ2v) is 6.26. The monoisotopic (exact) mass is 291 g/mol. The van der Waals surface area contributed by atoms with E-state index in [9.17, 15) is 4.79 Å². The quantitative estimate of drug-likeness (QED) is 0.927. The van der Waals surface area contributed by atoms with Crippen molar-refractivity contribution in [2.24, 2.45) is 0 Å². The van der Waals surface area contributed by atoms with Crippen LogP contribution in [0.25, 0.3) is 0 Å². The minimum absolute atomic E-state index is 0.0439. The van der Waals surface area contributed by atoms with Crippen molar-refractivity contribution >= 4 is 22.9 Å². The van der Waals surface area contributed by atoms with E-state index in [1.54, 1.807) is 17.5 Å². The van der Waals surface area contributed by atoms with Crippen LogP contribution in [0.1, 0.15) is 53.3 Å². The topological polar surface area (TPSA) is 46.9 Å². The Balaban J connectivity index is 2.24. The Labute approximate surface area is 123 Å². The van der Waals surface area contributed by atoms with Gasteiger partial charge in [0.15, 0.2) is 0 Å². The zero-order valence-corrected chi connectivity index (χ0v) is 13.5. The molecule has 0 aliphatic rings. The van der Waals surface area contributed by atoms with Gasteiger partial charge in [0, 0.05) is 16.3 Å². The largest absolute Gasteiger partial charge is 0.319 e. The number of carbonyl (C=O) groups is 1. The minimum atomic E-state index is -0.0439. The second-order valence-electron chi connectivity index (χ2n) is 5.17. The molecule has 1 amide bonds. The van der Waals surface area contributed by atoms with Gasteiger partial charge in [0.2, 0.25) is 0 Å². The van der Waals surface area contributed by atoms with Gasteiger partial charge >= 0.3 is 0 Å². The molecule has 0 aromatic carbocycles. The molecular weight excluding hydrogens is 270 g/mol. The smallest absolute Gasteiger partial charge is 0.256 e. The predicted molar refractivity (Wildman–Crippen MR) is 83.7 cm³/mol. The summed E-state index contributed by atoms with van der Waals surface area (Å²) in [6.45, 7) is 10.3. The zero-order chi connectivity index (χ0) is 14.9. The molecule has 0 bridgehead atoms. The molecule has 0 aliphatic heterocycles. The van der Waals surface area contributed by atoms with Crippen LogP contribution < -0.4 is 5.32 Å². The molecule has 20 heavy (non-hydrogen) atoms. The van der Waals surface area contributed by atoms with E-state index in [1.165, 1.54) is 4.88 Å². The molecule has 2 aromatic heterocycles. The Morgan fingerprint density at radius 2 is 2.15 bits per heavy atom. The summed E-state index contributed by atoms with van der Waals surface area (Å²) < 4.78 is 1.91. The van der Waals surface area contributed by atoms with E-state index in [2.05, 4.69) is 38.1 Å². The summed E-state index contributed by atoms with van der Waals surface area (Å²) in [5.41, 5.74) is 3.70. The molecule has 2 rings (SSSR count). The highest BCUT2D eigenvalue weighted by Crippen LogP contribution is 2.24. The SMILES string of the molecule is CCc1c(C(=O)Nc2cnn(C(C)C)c2C)csc1C. The number of hydrogen-bond acceptors (Lipinski definition) is 3. The van der Waals surface area contributed by atoms with E-state index in [4.69, 9.17) is 0 Å². The van der Waals surface area contributed by atoms with Gasteiger partial charge in [0.05, 0.1) is 23.1 Å². The molecule has 0 atom stereocenters. The molecule has 4 nitrogen and oxygen atoms in total. The Morgan fingerprint density at radius 1 is 1.45 bits per heavy atom. The lowest BCUT2D eigenvalue weighted by atomic mass is 10.1. The van der Waals surface area contributed by atoms with Crippen LogP contribution in [0.15, 0.2) is 11.6 Å². The molecule has 0 aliphatic carbocycles. The molecule has 108 valence electrons. The van der Waals surface area contributed by atoms with Gasteiger partial charge in [-0.3, -0.25) is 9.48 Å². The molecule has 0 spiro atoms. The number of thiophene rings is 1. The average Bonchev–Trinajstić information content (AvgIpc) is 2.93. The number of amides is 1. The molecule has 5 heteroatoms. The van der Waals surface area contributed by atoms with Crippen LogP contribution in [-0.4, -0.2) is 15.7 Å². The van der Waals surface area contributed by atoms with Crippen LogP contribution in [0.2, 0.25) is 0 Å². The average molecular weight is 291 g/mol. The van der Waals surface area contributed by atoms with Crippen LogP contribution >= 0.6 is 11.3 Å². The molecular formula is C15H21N3OS. The third-order valence-electron chi connectivity index (χ3n) is 3.48. The van der Waals surface area contributed by atoms with Gasteiger partial charge in [-0.15, -0.1) is 11.3 Å². The third-order valence-corrected chi connectivity index (χ3v) is 4.44. The van der Waals surface area contributed by atoms with Crippen molar-refractivity contribution in [1.82, 2.24) is 9.78 Å². The first-order valence-corrected chi connectivity index (χ1v) is 7.76. The highest BCUT2D eigenvalue weighted by atomic mass is 32.1. The van der Waals surface area contributed by atoms with Gasteiger partial charge < -0.3 is 5.32 Å². The van der Waals surface area contributed by atoms with Crippen molar-refractivity contribution in [1.29, 1.82) is 0 Å². The minimum Gasteiger partial charge on any atom is -0.319 e. The number of aromatic nitrogens is 2. The van der Waals surface area contributed by atoms with Crippen LogP contribution in [-0.2, 0) is 6.42 Å². The number of anilines is 1. The number of nitrogens with zero attached hydrogens (tertiary/aromatic N) is 2. The van der Waals surface area contributed by atoms with Gasteiger partial charge in [-0.2, -0.15) is 5.10 Å². The van der Waals surface area contributed by atoms with Gasteiger partial charge in [0.25, 0.3) is 5.91 Å². The molecule has 2 aromatic rings. The van der Waals surface area contributed by atoms with E-state index in [-0.39, 0.29) is 11.9 Å². The first kappa shape index (κ1) is 14.8. The molecule has 0 unspecified atom stereocenters. The Bertz CT molecular complexity index is 625. The lowest BCUT2D eigenvalue weighted by Crippen LogP contribution is -2.14. The van der Waals surface area contributed by atoms with Crippen LogP contribution in [0.3, 0.4) is 0 Å². The Morgan fingerprint density at radius 3 is 2.70 bits per heavy atom. The summed E-state index contributed by atoms with van der Waals surface area (Å²) in [5, 5.41) is 9.22. The third kappa shape index (κ3) is 2.63. The zero-order valence-electron chi connectivity index (χ0n) is 12.7. The Hall–Kier alpha value is -1.62. The number of carbonyl (C=O) groups excluding carboxylic acids is 1. The molecule has 0 radical (unpaired) electrons. The normalized spacial score (nSPS) is 11.1. The van der Waals surface area contributed by atoms with E-state index < -0.39 is 0 Å². The van der Waals surface area contributed by atoms with Crippen molar-refractivity contribution in [3.63, 3.8) is 0 Å². The van der Waals surface area contributed by atoms with Crippen molar-refractivity contribution in [3.8, 4) is 0 Å². The molecule has 0 saturated carbocycles. The maximum atomic E-state index is 12.4. The van der Waals surface area contributed by atoms with E-state index in [0.717, 1.165) is 28.9 Å². The van der Waals surface area contributed by atoms with Crippen molar-refractivity contribution < 1.29 is 4.79 Å². The van der Waals surface area contributed by atoms with E-state index in [1.807, 2.05) is 17.0 Å². The first-order chi connectivity index (χ1) is 9.45. The predicted octanol–water partition coefficient (Wildman–Crippen LogP) is 3.96. The number of nitrogens with one attached hydrogen (secondary N) is 1. The second kappa shape index (κ2) is 5.79. The lowest BCUT2D eigenvalue weighted by Gasteiger charge is -2.09. The van der Waals surface area contributed by atoms with E-state index in [0.29, 0.717) is 0 Å². The Kier molecular flexibility index (Phi) is 4.28. The van der Waals surface area contributed by atoms with Crippen LogP contribution in [0, 0.1) is 13.8 Å². The van der Waals surface area contributed by atoms with Crippen molar-refractivity contribution in [3.05, 3.63) is 33.3 Å². The van der Waals surface area contributed by atoms with E-state index >= 15 is 0 Å². The summed E-state index contributed by atoms with van der Waals surface area (Å²) in [5.74, 6) is -0.0439. The fraction of sp³-hybridized carbons (Fsp3) is 0.467. The highest BCUT2D eigenvalue weighted by Gasteiger charge is 2.17. The highest BCUT2D eigenvalue weighted by molar-refractivity contribution is 7.10. The summed E-state index contributed by atoms with van der Waals surface area (Å²) in [4.78, 5) is 13.6. The van der Waals surface area contributed by atoms with Crippen molar-refractivity contribution in [2.75, 3.05) is 5.32 Å². The van der Waals surface area contributed by atoms with Gasteiger partial charge in [-0.05, 0) is 39.7 Å². The summed E-state index contributed by atoms with van der Waals surface area (Å²) in [7, 11) is 0. The first-order valence-electron chi connectivity index (χ1n) is 6.88. The van der Waals surface area contributed by atoms with Crippen LogP contribution in [0.5, 0.6) is 0 Å². The van der Waals surface area contributed by atoms with Crippen LogP contribution in [0.4, 0.5) is 5.69 Å². The number of rotatable bonds is 4. The maximum Gasteiger partial charge on any atom is 0.256 e. The van der Waals surface area contributed by atoms with Gasteiger partial charge in [-0.25, -0.2) is 0 Å². The molecule has 2 heterocycles. The lowest BCUT2D eigenvalue weighted by molar-refractivity contribution is 0.102. The molecule has 1 N–H and O–H groups in total. The summed E-state index contributed by atoms with van der Waals surface area (Å²) in [6, 6.07) is 0.287. The maximum absolute atomic E-state index is 12.4. The standard InChI is InChI=1S/C15H21N3OS/c1-6-12-11(5)20-8-13(12)15(19)17-14-7-16-18(9(2)3)10(14)4/h7-9H,6H2,1-5H3,(H,17,19). The summed E-state index contributed by atoms with van der Waals surface area (Å²) >= 11 is 1.63. The van der Waals surface area contributed by atoms with Gasteiger partial charge in [0.1, 0.15) is 0 Å². The van der Waals surface area contributed by atoms with Gasteiger partial charge in [-0.1, -0.05) is 6.92 Å². The number of aryl methyl sites for hydroxylation is 1. The number of hydrogen-bond donors (Lipinski definition) is 1. The fourth-order valence-corrected chi connectivity index (χ4v) is 3.31. The van der Waals surface area contributed by atoms with Crippen molar-refractivity contribution in [2.45, 2.75) is 47.1 Å². The molecule has 0 fully saturated rings. The molecule has 0 saturated heterocycles. The summed E-state index contributed by atoms with van der Waals surface area (Å²) in [6.07, 6.45) is 2.60. The fourth-order valence-electron chi connectivity index (χ4n) is 2.37.